The van der Waals surface area contributed by atoms with Crippen molar-refractivity contribution in [3.8, 4) is 11.4 Å². The summed E-state index contributed by atoms with van der Waals surface area (Å²) in [6, 6.07) is 1.68. The molecule has 0 spiro atoms. The van der Waals surface area contributed by atoms with E-state index in [-0.39, 0.29) is 29.3 Å². The monoisotopic (exact) mass is 708 g/mol. The van der Waals surface area contributed by atoms with E-state index in [1.54, 1.807) is 19.2 Å². The molecule has 5 rings (SSSR count). The first kappa shape index (κ1) is 34.3. The maximum atomic E-state index is 14.9. The topological polar surface area (TPSA) is 111 Å². The Morgan fingerprint density at radius 3 is 2.30 bits per heavy atom. The van der Waals surface area contributed by atoms with Crippen LogP contribution in [0.4, 0.5) is 36.6 Å². The number of pyridine rings is 2. The molecule has 0 N–H and O–H groups in total. The van der Waals surface area contributed by atoms with Crippen LogP contribution in [-0.4, -0.2) is 64.5 Å². The molecule has 1 aliphatic rings. The minimum Gasteiger partial charge on any atom is -0.430 e. The number of benzene rings is 1. The second-order valence-corrected chi connectivity index (χ2v) is 13.1. The summed E-state index contributed by atoms with van der Waals surface area (Å²) in [6.45, 7) is 1.41. The average molecular weight is 709 g/mol. The number of fused-ring (bicyclic) bond motifs is 1. The highest BCUT2D eigenvalue weighted by molar-refractivity contribution is 7.89. The van der Waals surface area contributed by atoms with Gasteiger partial charge in [-0.05, 0) is 37.5 Å². The van der Waals surface area contributed by atoms with Gasteiger partial charge in [-0.25, -0.2) is 40.3 Å². The molecule has 0 aliphatic carbocycles. The molecule has 0 bridgehead atoms. The number of hydrogen-bond donors (Lipinski definition) is 0. The van der Waals surface area contributed by atoms with Crippen molar-refractivity contribution in [1.82, 2.24) is 23.8 Å². The summed E-state index contributed by atoms with van der Waals surface area (Å²) >= 11 is 6.04. The smallest absolute Gasteiger partial charge is 0.387 e. The molecular formula is C28H24ClF7N6O4S. The van der Waals surface area contributed by atoms with E-state index >= 15 is 0 Å². The van der Waals surface area contributed by atoms with Crippen LogP contribution < -0.4 is 15.3 Å². The molecule has 3 aromatic heterocycles. The van der Waals surface area contributed by atoms with Gasteiger partial charge in [-0.15, -0.1) is 0 Å². The number of anilines is 1. The third-order valence-electron chi connectivity index (χ3n) is 7.53. The van der Waals surface area contributed by atoms with E-state index in [1.165, 1.54) is 11.8 Å². The second-order valence-electron chi connectivity index (χ2n) is 10.9. The van der Waals surface area contributed by atoms with E-state index in [1.807, 2.05) is 13.8 Å². The molecule has 10 nitrogen and oxygen atoms in total. The van der Waals surface area contributed by atoms with Crippen molar-refractivity contribution in [3.63, 3.8) is 0 Å². The first-order valence-electron chi connectivity index (χ1n) is 13.8. The van der Waals surface area contributed by atoms with E-state index < -0.39 is 86.3 Å². The first-order valence-corrected chi connectivity index (χ1v) is 15.6. The summed E-state index contributed by atoms with van der Waals surface area (Å²) in [5.74, 6) is -13.3. The van der Waals surface area contributed by atoms with Crippen molar-refractivity contribution in [2.24, 2.45) is 0 Å². The lowest BCUT2D eigenvalue weighted by Gasteiger charge is -2.40. The van der Waals surface area contributed by atoms with E-state index in [9.17, 15) is 43.9 Å². The lowest BCUT2D eigenvalue weighted by atomic mass is 10.0. The minimum absolute atomic E-state index is 0.00560. The largest absolute Gasteiger partial charge is 0.430 e. The highest BCUT2D eigenvalue weighted by Gasteiger charge is 2.41. The summed E-state index contributed by atoms with van der Waals surface area (Å²) < 4.78 is 130. The van der Waals surface area contributed by atoms with Crippen molar-refractivity contribution < 1.29 is 43.9 Å². The van der Waals surface area contributed by atoms with E-state index in [4.69, 9.17) is 11.6 Å². The zero-order valence-corrected chi connectivity index (χ0v) is 26.4. The van der Waals surface area contributed by atoms with E-state index in [0.29, 0.717) is 21.2 Å². The van der Waals surface area contributed by atoms with Crippen LogP contribution in [0.2, 0.25) is 5.15 Å². The maximum absolute atomic E-state index is 14.9. The number of rotatable bonds is 7. The fourth-order valence-corrected chi connectivity index (χ4v) is 7.21. The van der Waals surface area contributed by atoms with Gasteiger partial charge in [0.1, 0.15) is 5.82 Å². The van der Waals surface area contributed by atoms with Gasteiger partial charge in [0, 0.05) is 31.9 Å². The molecule has 4 aromatic rings. The van der Waals surface area contributed by atoms with Crippen LogP contribution in [0.15, 0.2) is 28.0 Å². The van der Waals surface area contributed by atoms with Gasteiger partial charge in [0.25, 0.3) is 0 Å². The van der Waals surface area contributed by atoms with Crippen molar-refractivity contribution in [3.05, 3.63) is 74.3 Å². The Morgan fingerprint density at radius 1 is 1.02 bits per heavy atom. The van der Waals surface area contributed by atoms with Crippen LogP contribution in [0.3, 0.4) is 0 Å². The predicted molar refractivity (Wildman–Crippen MR) is 155 cm³/mol. The molecule has 1 saturated heterocycles. The molecule has 0 unspecified atom stereocenters. The Labute approximate surface area is 267 Å². The van der Waals surface area contributed by atoms with Crippen LogP contribution in [0, 0.1) is 36.0 Å². The number of alkyl halides is 2. The Hall–Kier alpha value is -4.03. The molecule has 47 heavy (non-hydrogen) atoms. The van der Waals surface area contributed by atoms with Gasteiger partial charge in [-0.3, -0.25) is 4.98 Å². The van der Waals surface area contributed by atoms with Crippen LogP contribution in [0.1, 0.15) is 37.9 Å². The number of nitrogens with zero attached hydrogens (tertiary/aromatic N) is 6. The minimum atomic E-state index is -5.35. The number of halogens is 8. The van der Waals surface area contributed by atoms with Gasteiger partial charge in [0.15, 0.2) is 38.9 Å². The molecule has 252 valence electrons. The highest BCUT2D eigenvalue weighted by atomic mass is 35.5. The molecule has 1 aliphatic heterocycles. The predicted octanol–water partition coefficient (Wildman–Crippen LogP) is 5.46. The molecule has 0 saturated carbocycles. The van der Waals surface area contributed by atoms with Crippen LogP contribution >= 0.6 is 11.6 Å². The summed E-state index contributed by atoms with van der Waals surface area (Å²) in [5, 5.41) is -0.559. The lowest BCUT2D eigenvalue weighted by molar-refractivity contribution is -0.0551. The summed E-state index contributed by atoms with van der Waals surface area (Å²) in [5.41, 5.74) is 0.509. The first-order chi connectivity index (χ1) is 22.0. The lowest BCUT2D eigenvalue weighted by Crippen LogP contribution is -2.54. The molecular weight excluding hydrogens is 685 g/mol. The zero-order chi connectivity index (χ0) is 34.7. The van der Waals surface area contributed by atoms with Gasteiger partial charge in [0.05, 0.1) is 16.8 Å². The SMILES string of the molecule is Cc1ccnc(C(C)C)c1-n1c(=O)nc(N2CCN(S(=O)(=O)c3c(F)c(F)c(F)c(F)c3OC(F)F)C[C@@H]2C)c2cc(F)c(Cl)nc21. The number of aromatic nitrogens is 4. The Kier molecular flexibility index (Phi) is 9.15. The molecule has 4 heterocycles. The van der Waals surface area contributed by atoms with E-state index in [0.717, 1.165) is 10.6 Å². The Morgan fingerprint density at radius 2 is 1.68 bits per heavy atom. The van der Waals surface area contributed by atoms with Gasteiger partial charge < -0.3 is 9.64 Å². The fraction of sp³-hybridized carbons (Fsp3) is 0.357. The number of piperazine rings is 1. The number of hydrogen-bond acceptors (Lipinski definition) is 8. The van der Waals surface area contributed by atoms with Crippen LogP contribution in [-0.2, 0) is 10.0 Å². The van der Waals surface area contributed by atoms with Crippen LogP contribution in [0.25, 0.3) is 16.7 Å². The van der Waals surface area contributed by atoms with Gasteiger partial charge in [-0.2, -0.15) is 22.5 Å². The van der Waals surface area contributed by atoms with Crippen molar-refractivity contribution in [2.75, 3.05) is 24.5 Å². The van der Waals surface area contributed by atoms with Crippen LogP contribution in [0.5, 0.6) is 5.75 Å². The standard InChI is InChI=1S/C28H24ClF7N6O4S/c1-11(2)20-21(12(3)5-6-37-20)42-26-14(9-15(30)24(29)38-26)25(39-28(42)43)41-8-7-40(10-13(41)4)47(44,45)23-19(34)17(32)16(31)18(33)22(23)46-27(35)36/h5-6,9,11,13,27H,7-8,10H2,1-4H3/t13-/m0/s1. The van der Waals surface area contributed by atoms with Crippen molar-refractivity contribution >= 4 is 38.5 Å². The van der Waals surface area contributed by atoms with Crippen molar-refractivity contribution in [1.29, 1.82) is 0 Å². The number of aryl methyl sites for hydroxylation is 1. The Balaban J connectivity index is 1.61. The van der Waals surface area contributed by atoms with Gasteiger partial charge in [0.2, 0.25) is 21.7 Å². The molecule has 0 radical (unpaired) electrons. The van der Waals surface area contributed by atoms with Gasteiger partial charge in [-0.1, -0.05) is 25.4 Å². The third kappa shape index (κ3) is 5.86. The Bertz CT molecular complexity index is 2080. The summed E-state index contributed by atoms with van der Waals surface area (Å²) in [6.07, 6.45) is 1.56. The number of sulfonamides is 1. The fourth-order valence-electron chi connectivity index (χ4n) is 5.39. The molecule has 1 aromatic carbocycles. The highest BCUT2D eigenvalue weighted by Crippen LogP contribution is 2.38. The maximum Gasteiger partial charge on any atom is 0.387 e. The quantitative estimate of drug-likeness (QED) is 0.108. The average Bonchev–Trinajstić information content (AvgIpc) is 2.99. The number of ether oxygens (including phenoxy) is 1. The van der Waals surface area contributed by atoms with E-state index in [2.05, 4.69) is 19.7 Å². The molecule has 19 heteroatoms. The molecule has 0 amide bonds. The summed E-state index contributed by atoms with van der Waals surface area (Å²) in [4.78, 5) is 25.8. The molecule has 1 fully saturated rings. The zero-order valence-electron chi connectivity index (χ0n) is 24.8. The van der Waals surface area contributed by atoms with Gasteiger partial charge >= 0.3 is 12.3 Å². The normalized spacial score (nSPS) is 16.1. The second kappa shape index (κ2) is 12.5. The van der Waals surface area contributed by atoms with Crippen molar-refractivity contribution in [2.45, 2.75) is 51.2 Å². The third-order valence-corrected chi connectivity index (χ3v) is 9.69. The molecule has 1 atom stereocenters. The summed E-state index contributed by atoms with van der Waals surface area (Å²) in [7, 11) is -5.35.